The van der Waals surface area contributed by atoms with E-state index < -0.39 is 5.79 Å². The maximum Gasteiger partial charge on any atom is 0.162 e. The van der Waals surface area contributed by atoms with Crippen LogP contribution in [0.3, 0.4) is 0 Å². The van der Waals surface area contributed by atoms with Crippen molar-refractivity contribution in [2.45, 2.75) is 58.4 Å². The lowest BCUT2D eigenvalue weighted by Crippen LogP contribution is -2.49. The molecular weight excluding hydrogens is 250 g/mol. The Hall–Kier alpha value is -0.900. The third kappa shape index (κ3) is 4.05. The lowest BCUT2D eigenvalue weighted by atomic mass is 9.99. The zero-order valence-corrected chi connectivity index (χ0v) is 13.3. The molecule has 112 valence electrons. The molecule has 0 saturated carbocycles. The zero-order chi connectivity index (χ0) is 14.8. The highest BCUT2D eigenvalue weighted by atomic mass is 16.7. The van der Waals surface area contributed by atoms with Crippen molar-refractivity contribution in [2.24, 2.45) is 0 Å². The lowest BCUT2D eigenvalue weighted by Gasteiger charge is -2.36. The van der Waals surface area contributed by atoms with Crippen LogP contribution in [-0.4, -0.2) is 25.0 Å². The van der Waals surface area contributed by atoms with Gasteiger partial charge in [-0.2, -0.15) is 0 Å². The summed E-state index contributed by atoms with van der Waals surface area (Å²) in [4.78, 5) is 0. The average Bonchev–Trinajstić information content (AvgIpc) is 2.41. The summed E-state index contributed by atoms with van der Waals surface area (Å²) in [5.41, 5.74) is 2.69. The van der Waals surface area contributed by atoms with Crippen LogP contribution in [0.2, 0.25) is 0 Å². The predicted octanol–water partition coefficient (Wildman–Crippen LogP) is 3.61. The van der Waals surface area contributed by atoms with Gasteiger partial charge < -0.3 is 14.8 Å². The molecule has 2 rings (SSSR count). The predicted molar refractivity (Wildman–Crippen MR) is 81.9 cm³/mol. The summed E-state index contributed by atoms with van der Waals surface area (Å²) in [7, 11) is 0. The lowest BCUT2D eigenvalue weighted by molar-refractivity contribution is -0.253. The molecule has 3 heteroatoms. The number of benzene rings is 1. The van der Waals surface area contributed by atoms with E-state index in [2.05, 4.69) is 50.4 Å². The van der Waals surface area contributed by atoms with Crippen molar-refractivity contribution in [3.63, 3.8) is 0 Å². The molecular formula is C17H27NO2. The van der Waals surface area contributed by atoms with Gasteiger partial charge in [-0.3, -0.25) is 0 Å². The van der Waals surface area contributed by atoms with Crippen LogP contribution >= 0.6 is 0 Å². The van der Waals surface area contributed by atoms with Gasteiger partial charge in [-0.25, -0.2) is 0 Å². The molecule has 1 fully saturated rings. The topological polar surface area (TPSA) is 30.5 Å². The second-order valence-electron chi connectivity index (χ2n) is 6.43. The van der Waals surface area contributed by atoms with Crippen LogP contribution in [0.4, 0.5) is 0 Å². The zero-order valence-electron chi connectivity index (χ0n) is 13.3. The molecule has 0 spiro atoms. The number of hydrogen-bond donors (Lipinski definition) is 1. The molecule has 0 radical (unpaired) electrons. The van der Waals surface area contributed by atoms with Gasteiger partial charge in [0.1, 0.15) is 0 Å². The average molecular weight is 277 g/mol. The Labute approximate surface area is 122 Å². The van der Waals surface area contributed by atoms with Crippen LogP contribution in [0.25, 0.3) is 0 Å². The summed E-state index contributed by atoms with van der Waals surface area (Å²) in [6.45, 7) is 11.9. The first-order valence-electron chi connectivity index (χ1n) is 7.51. The van der Waals surface area contributed by atoms with E-state index in [4.69, 9.17) is 9.47 Å². The molecule has 0 bridgehead atoms. The maximum atomic E-state index is 5.68. The normalized spacial score (nSPS) is 21.1. The minimum absolute atomic E-state index is 0.253. The summed E-state index contributed by atoms with van der Waals surface area (Å²) < 4.78 is 11.4. The highest BCUT2D eigenvalue weighted by Gasteiger charge is 2.28. The molecule has 0 amide bonds. The van der Waals surface area contributed by atoms with Crippen LogP contribution in [-0.2, 0) is 9.47 Å². The second-order valence-corrected chi connectivity index (χ2v) is 6.43. The van der Waals surface area contributed by atoms with Crippen molar-refractivity contribution in [3.8, 4) is 0 Å². The van der Waals surface area contributed by atoms with E-state index in [1.54, 1.807) is 0 Å². The van der Waals surface area contributed by atoms with E-state index in [9.17, 15) is 0 Å². The molecule has 20 heavy (non-hydrogen) atoms. The molecule has 1 aliphatic rings. The van der Waals surface area contributed by atoms with Crippen molar-refractivity contribution in [2.75, 3.05) is 13.2 Å². The van der Waals surface area contributed by atoms with Gasteiger partial charge in [0.2, 0.25) is 0 Å². The second kappa shape index (κ2) is 6.25. The van der Waals surface area contributed by atoms with E-state index in [0.717, 1.165) is 0 Å². The van der Waals surface area contributed by atoms with Gasteiger partial charge in [0, 0.05) is 6.04 Å². The first-order valence-corrected chi connectivity index (χ1v) is 7.51. The minimum Gasteiger partial charge on any atom is -0.349 e. The highest BCUT2D eigenvalue weighted by molar-refractivity contribution is 5.26. The Balaban J connectivity index is 1.90. The molecule has 1 heterocycles. The Morgan fingerprint density at radius 3 is 2.00 bits per heavy atom. The number of nitrogens with one attached hydrogen (secondary N) is 1. The van der Waals surface area contributed by atoms with Crippen LogP contribution in [0, 0.1) is 0 Å². The minimum atomic E-state index is -0.444. The quantitative estimate of drug-likeness (QED) is 0.912. The first kappa shape index (κ1) is 15.5. The van der Waals surface area contributed by atoms with Crippen LogP contribution in [0.5, 0.6) is 0 Å². The Kier molecular flexibility index (Phi) is 4.84. The van der Waals surface area contributed by atoms with Gasteiger partial charge >= 0.3 is 0 Å². The van der Waals surface area contributed by atoms with Gasteiger partial charge in [0.05, 0.1) is 19.3 Å². The molecule has 1 atom stereocenters. The number of rotatable bonds is 4. The molecule has 0 aromatic heterocycles. The number of ether oxygens (including phenoxy) is 2. The van der Waals surface area contributed by atoms with Crippen molar-refractivity contribution in [3.05, 3.63) is 35.4 Å². The van der Waals surface area contributed by atoms with Crippen molar-refractivity contribution in [1.82, 2.24) is 5.32 Å². The van der Waals surface area contributed by atoms with Crippen molar-refractivity contribution < 1.29 is 9.47 Å². The van der Waals surface area contributed by atoms with Gasteiger partial charge in [0.25, 0.3) is 0 Å². The first-order chi connectivity index (χ1) is 9.37. The van der Waals surface area contributed by atoms with Gasteiger partial charge in [-0.1, -0.05) is 38.1 Å². The van der Waals surface area contributed by atoms with Crippen molar-refractivity contribution >= 4 is 0 Å². The Morgan fingerprint density at radius 1 is 1.00 bits per heavy atom. The van der Waals surface area contributed by atoms with Crippen LogP contribution in [0.1, 0.15) is 57.7 Å². The van der Waals surface area contributed by atoms with E-state index in [0.29, 0.717) is 25.2 Å². The summed E-state index contributed by atoms with van der Waals surface area (Å²) in [6.07, 6.45) is 0. The third-order valence-corrected chi connectivity index (χ3v) is 3.85. The van der Waals surface area contributed by atoms with E-state index in [1.807, 2.05) is 13.8 Å². The molecule has 1 aliphatic heterocycles. The fourth-order valence-electron chi connectivity index (χ4n) is 2.41. The molecule has 1 unspecified atom stereocenters. The van der Waals surface area contributed by atoms with E-state index in [1.165, 1.54) is 11.1 Å². The Morgan fingerprint density at radius 2 is 1.50 bits per heavy atom. The largest absolute Gasteiger partial charge is 0.349 e. The fraction of sp³-hybridized carbons (Fsp3) is 0.647. The summed E-state index contributed by atoms with van der Waals surface area (Å²) in [6, 6.07) is 9.41. The summed E-state index contributed by atoms with van der Waals surface area (Å²) in [5, 5.41) is 3.57. The SMILES string of the molecule is CC(C)c1ccc(C(C)NC2COC(C)(C)OC2)cc1. The summed E-state index contributed by atoms with van der Waals surface area (Å²) in [5.74, 6) is 0.134. The van der Waals surface area contributed by atoms with Crippen LogP contribution in [0.15, 0.2) is 24.3 Å². The smallest absolute Gasteiger partial charge is 0.162 e. The summed E-state index contributed by atoms with van der Waals surface area (Å²) >= 11 is 0. The molecule has 1 aromatic rings. The van der Waals surface area contributed by atoms with E-state index >= 15 is 0 Å². The van der Waals surface area contributed by atoms with Crippen LogP contribution < -0.4 is 5.32 Å². The Bertz CT molecular complexity index is 415. The van der Waals surface area contributed by atoms with E-state index in [-0.39, 0.29) is 6.04 Å². The van der Waals surface area contributed by atoms with Gasteiger partial charge in [-0.05, 0) is 37.8 Å². The fourth-order valence-corrected chi connectivity index (χ4v) is 2.41. The van der Waals surface area contributed by atoms with Crippen molar-refractivity contribution in [1.29, 1.82) is 0 Å². The van der Waals surface area contributed by atoms with Gasteiger partial charge in [0.15, 0.2) is 5.79 Å². The monoisotopic (exact) mass is 277 g/mol. The molecule has 0 aliphatic carbocycles. The maximum absolute atomic E-state index is 5.68. The standard InChI is InChI=1S/C17H27NO2/c1-12(2)14-6-8-15(9-7-14)13(3)18-16-10-19-17(4,5)20-11-16/h6-9,12-13,16,18H,10-11H2,1-5H3. The number of hydrogen-bond acceptors (Lipinski definition) is 3. The molecule has 1 saturated heterocycles. The molecule has 1 N–H and O–H groups in total. The highest BCUT2D eigenvalue weighted by Crippen LogP contribution is 2.21. The molecule has 3 nitrogen and oxygen atoms in total. The molecule has 1 aromatic carbocycles. The third-order valence-electron chi connectivity index (χ3n) is 3.85. The van der Waals surface area contributed by atoms with Gasteiger partial charge in [-0.15, -0.1) is 0 Å².